The number of allylic oxidation sites excluding steroid dienone is 1. The number of aliphatic hydroxyl groups is 1. The van der Waals surface area contributed by atoms with Gasteiger partial charge < -0.3 is 10.1 Å². The second kappa shape index (κ2) is 6.44. The Morgan fingerprint density at radius 3 is 2.83 bits per heavy atom. The zero-order valence-corrected chi connectivity index (χ0v) is 14.2. The summed E-state index contributed by atoms with van der Waals surface area (Å²) in [5.74, 6) is 0.387. The number of para-hydroxylation sites is 2. The highest BCUT2D eigenvalue weighted by Crippen LogP contribution is 2.32. The molecule has 2 heterocycles. The number of nitrogens with zero attached hydrogens (tertiary/aromatic N) is 3. The van der Waals surface area contributed by atoms with E-state index >= 15 is 0 Å². The molecule has 2 N–H and O–H groups in total. The number of rotatable bonds is 4. The van der Waals surface area contributed by atoms with Crippen LogP contribution >= 0.6 is 23.1 Å². The molecule has 0 radical (unpaired) electrons. The summed E-state index contributed by atoms with van der Waals surface area (Å²) in [6.07, 6.45) is 0. The Balaban J connectivity index is 1.93. The quantitative estimate of drug-likeness (QED) is 0.419. The van der Waals surface area contributed by atoms with Crippen LogP contribution in [0.5, 0.6) is 0 Å². The minimum absolute atomic E-state index is 0.00408. The van der Waals surface area contributed by atoms with Crippen LogP contribution in [0.15, 0.2) is 39.7 Å². The molecule has 0 aliphatic carbocycles. The van der Waals surface area contributed by atoms with Gasteiger partial charge in [-0.3, -0.25) is 0 Å². The van der Waals surface area contributed by atoms with Gasteiger partial charge in [0.15, 0.2) is 10.2 Å². The van der Waals surface area contributed by atoms with Gasteiger partial charge in [-0.05, 0) is 26.0 Å². The maximum absolute atomic E-state index is 10.5. The Bertz CT molecular complexity index is 886. The van der Waals surface area contributed by atoms with E-state index in [9.17, 15) is 10.4 Å². The zero-order chi connectivity index (χ0) is 16.4. The fourth-order valence-electron chi connectivity index (χ4n) is 2.10. The lowest BCUT2D eigenvalue weighted by molar-refractivity contribution is 0.402. The van der Waals surface area contributed by atoms with Gasteiger partial charge in [0.1, 0.15) is 17.4 Å². The van der Waals surface area contributed by atoms with Crippen molar-refractivity contribution in [1.82, 2.24) is 15.0 Å². The first-order valence-corrected chi connectivity index (χ1v) is 8.71. The third-order valence-electron chi connectivity index (χ3n) is 3.25. The maximum atomic E-state index is 10.5. The molecule has 3 rings (SSSR count). The van der Waals surface area contributed by atoms with Gasteiger partial charge in [-0.1, -0.05) is 23.9 Å². The predicted molar refractivity (Wildman–Crippen MR) is 93.4 cm³/mol. The summed E-state index contributed by atoms with van der Waals surface area (Å²) in [6, 6.07) is 9.57. The third-order valence-corrected chi connectivity index (χ3v) is 5.45. The van der Waals surface area contributed by atoms with E-state index in [1.807, 2.05) is 43.5 Å². The Kier molecular flexibility index (Phi) is 4.37. The van der Waals surface area contributed by atoms with E-state index in [2.05, 4.69) is 21.0 Å². The molecule has 116 valence electrons. The molecule has 0 saturated carbocycles. The van der Waals surface area contributed by atoms with Crippen molar-refractivity contribution < 1.29 is 5.11 Å². The molecule has 0 fully saturated rings. The van der Waals surface area contributed by atoms with Crippen molar-refractivity contribution in [1.29, 1.82) is 5.26 Å². The second-order valence-corrected chi connectivity index (χ2v) is 7.44. The molecule has 2 aromatic heterocycles. The van der Waals surface area contributed by atoms with Crippen LogP contribution in [0.4, 0.5) is 0 Å². The molecule has 1 atom stereocenters. The van der Waals surface area contributed by atoms with Crippen LogP contribution in [-0.4, -0.2) is 25.3 Å². The lowest BCUT2D eigenvalue weighted by Crippen LogP contribution is -2.04. The summed E-state index contributed by atoms with van der Waals surface area (Å²) in [7, 11) is 0. The summed E-state index contributed by atoms with van der Waals surface area (Å²) in [6.45, 7) is 3.77. The van der Waals surface area contributed by atoms with Crippen molar-refractivity contribution in [2.75, 3.05) is 0 Å². The largest absolute Gasteiger partial charge is 0.510 e. The van der Waals surface area contributed by atoms with Crippen molar-refractivity contribution in [3.8, 4) is 6.07 Å². The standard InChI is InChI=1S/C16H14N4OS2/c1-9-8-22-16(18-9)23-10(2)14(21)11(7-17)15-19-12-5-3-4-6-13(12)20-15/h3-6,8,10,21H,1-2H3,(H,19,20)/b14-11-/t10-/m1/s1. The minimum atomic E-state index is -0.289. The van der Waals surface area contributed by atoms with E-state index in [4.69, 9.17) is 0 Å². The zero-order valence-electron chi connectivity index (χ0n) is 12.6. The number of imidazole rings is 1. The predicted octanol–water partition coefficient (Wildman–Crippen LogP) is 4.30. The molecule has 0 aliphatic rings. The highest BCUT2D eigenvalue weighted by atomic mass is 32.2. The average Bonchev–Trinajstić information content (AvgIpc) is 3.13. The lowest BCUT2D eigenvalue weighted by atomic mass is 10.2. The summed E-state index contributed by atoms with van der Waals surface area (Å²) in [5, 5.41) is 21.6. The van der Waals surface area contributed by atoms with E-state index < -0.39 is 0 Å². The number of aliphatic hydroxyl groups excluding tert-OH is 1. The second-order valence-electron chi connectivity index (χ2n) is 4.99. The number of aromatic nitrogens is 3. The number of nitrogens with one attached hydrogen (secondary N) is 1. The fourth-order valence-corrected chi connectivity index (χ4v) is 4.15. The van der Waals surface area contributed by atoms with Gasteiger partial charge in [0, 0.05) is 11.1 Å². The average molecular weight is 342 g/mol. The van der Waals surface area contributed by atoms with Gasteiger partial charge in [0.2, 0.25) is 0 Å². The number of hydrogen-bond donors (Lipinski definition) is 2. The topological polar surface area (TPSA) is 85.6 Å². The van der Waals surface area contributed by atoms with E-state index in [1.54, 1.807) is 0 Å². The summed E-state index contributed by atoms with van der Waals surface area (Å²) >= 11 is 2.95. The number of H-pyrrole nitrogens is 1. The van der Waals surface area contributed by atoms with E-state index in [0.717, 1.165) is 21.1 Å². The normalized spacial score (nSPS) is 13.6. The molecular formula is C16H14N4OS2. The molecule has 1 aromatic carbocycles. The smallest absolute Gasteiger partial charge is 0.152 e. The van der Waals surface area contributed by atoms with Crippen molar-refractivity contribution in [3.63, 3.8) is 0 Å². The van der Waals surface area contributed by atoms with Gasteiger partial charge >= 0.3 is 0 Å². The van der Waals surface area contributed by atoms with E-state index in [-0.39, 0.29) is 16.6 Å². The Morgan fingerprint density at radius 1 is 1.39 bits per heavy atom. The Hall–Kier alpha value is -2.30. The molecule has 3 aromatic rings. The van der Waals surface area contributed by atoms with Crippen molar-refractivity contribution in [2.45, 2.75) is 23.4 Å². The molecule has 0 saturated heterocycles. The van der Waals surface area contributed by atoms with Crippen molar-refractivity contribution in [3.05, 3.63) is 46.9 Å². The van der Waals surface area contributed by atoms with Crippen LogP contribution in [0.1, 0.15) is 18.4 Å². The monoisotopic (exact) mass is 342 g/mol. The molecule has 23 heavy (non-hydrogen) atoms. The number of thiazole rings is 1. The molecule has 0 spiro atoms. The van der Waals surface area contributed by atoms with Gasteiger partial charge in [-0.15, -0.1) is 11.3 Å². The van der Waals surface area contributed by atoms with Crippen LogP contribution in [0.25, 0.3) is 16.6 Å². The van der Waals surface area contributed by atoms with Crippen LogP contribution < -0.4 is 0 Å². The SMILES string of the molecule is Cc1csc(S[C@H](C)/C(O)=C(\C#N)c2nc3ccccc3[nH]2)n1. The van der Waals surface area contributed by atoms with E-state index in [0.29, 0.717) is 5.82 Å². The van der Waals surface area contributed by atoms with Crippen LogP contribution in [0.2, 0.25) is 0 Å². The number of thioether (sulfide) groups is 1. The number of fused-ring (bicyclic) bond motifs is 1. The molecule has 0 aliphatic heterocycles. The van der Waals surface area contributed by atoms with Crippen LogP contribution in [-0.2, 0) is 0 Å². The lowest BCUT2D eigenvalue weighted by Gasteiger charge is -2.09. The van der Waals surface area contributed by atoms with Crippen molar-refractivity contribution in [2.24, 2.45) is 0 Å². The summed E-state index contributed by atoms with van der Waals surface area (Å²) in [5.41, 5.74) is 2.71. The fraction of sp³-hybridized carbons (Fsp3) is 0.188. The van der Waals surface area contributed by atoms with Crippen molar-refractivity contribution >= 4 is 39.7 Å². The molecule has 0 unspecified atom stereocenters. The number of nitriles is 1. The van der Waals surface area contributed by atoms with Crippen LogP contribution in [0, 0.1) is 18.3 Å². The Labute approximate surface area is 141 Å². The molecular weight excluding hydrogens is 328 g/mol. The number of aromatic amines is 1. The van der Waals surface area contributed by atoms with Gasteiger partial charge in [-0.2, -0.15) is 5.26 Å². The van der Waals surface area contributed by atoms with Gasteiger partial charge in [0.25, 0.3) is 0 Å². The van der Waals surface area contributed by atoms with Gasteiger partial charge in [-0.25, -0.2) is 9.97 Å². The number of hydrogen-bond acceptors (Lipinski definition) is 6. The highest BCUT2D eigenvalue weighted by Gasteiger charge is 2.20. The summed E-state index contributed by atoms with van der Waals surface area (Å²) < 4.78 is 0.864. The first kappa shape index (κ1) is 15.6. The molecule has 0 amide bonds. The highest BCUT2D eigenvalue weighted by molar-refractivity contribution is 8.01. The summed E-state index contributed by atoms with van der Waals surface area (Å²) in [4.78, 5) is 11.8. The number of aryl methyl sites for hydroxylation is 1. The third kappa shape index (κ3) is 3.23. The van der Waals surface area contributed by atoms with E-state index in [1.165, 1.54) is 23.1 Å². The minimum Gasteiger partial charge on any atom is -0.510 e. The van der Waals surface area contributed by atoms with Crippen LogP contribution in [0.3, 0.4) is 0 Å². The first-order valence-electron chi connectivity index (χ1n) is 6.95. The maximum Gasteiger partial charge on any atom is 0.152 e. The number of benzene rings is 1. The molecule has 7 heteroatoms. The Morgan fingerprint density at radius 2 is 2.17 bits per heavy atom. The van der Waals surface area contributed by atoms with Gasteiger partial charge in [0.05, 0.1) is 16.3 Å². The first-order chi connectivity index (χ1) is 11.1. The molecule has 5 nitrogen and oxygen atoms in total. The molecule has 0 bridgehead atoms.